The molecule has 4 atom stereocenters. The lowest BCUT2D eigenvalue weighted by atomic mass is 9.85. The smallest absolute Gasteiger partial charge is 0.254 e. The molecule has 3 aliphatic rings. The third-order valence-electron chi connectivity index (χ3n) is 6.26. The van der Waals surface area contributed by atoms with Crippen molar-refractivity contribution in [3.8, 4) is 11.5 Å². The Kier molecular flexibility index (Phi) is 5.14. The standard InChI is InChI=1S/C24H21BrN2O4/c1-30-20-10-15(4-9-19(20)31-13-14-2-7-18(25)8-3-14)12-26-27-23(28)21-16-5-6-17(11-16)22(21)24(27)29/h2-10,12,16-17,21-22H,11,13H2,1H3/b26-12-/t16-,17+,21-,22-/m0/s1. The maximum absolute atomic E-state index is 12.7. The number of methoxy groups -OCH3 is 1. The first-order valence-electron chi connectivity index (χ1n) is 10.2. The van der Waals surface area contributed by atoms with Crippen molar-refractivity contribution in [3.05, 3.63) is 70.2 Å². The summed E-state index contributed by atoms with van der Waals surface area (Å²) < 4.78 is 12.4. The minimum atomic E-state index is -0.247. The second-order valence-corrected chi connectivity index (χ2v) is 8.97. The van der Waals surface area contributed by atoms with Gasteiger partial charge in [-0.3, -0.25) is 9.59 Å². The first-order chi connectivity index (χ1) is 15.0. The van der Waals surface area contributed by atoms with E-state index in [1.807, 2.05) is 30.3 Å². The number of allylic oxidation sites excluding steroid dienone is 2. The van der Waals surface area contributed by atoms with E-state index in [2.05, 4.69) is 33.2 Å². The summed E-state index contributed by atoms with van der Waals surface area (Å²) in [5, 5.41) is 5.27. The Labute approximate surface area is 188 Å². The number of nitrogens with zero attached hydrogens (tertiary/aromatic N) is 2. The van der Waals surface area contributed by atoms with E-state index in [0.29, 0.717) is 23.7 Å². The van der Waals surface area contributed by atoms with Gasteiger partial charge in [0.1, 0.15) is 6.61 Å². The van der Waals surface area contributed by atoms with Crippen LogP contribution in [0.15, 0.2) is 64.2 Å². The number of halogens is 1. The summed E-state index contributed by atoms with van der Waals surface area (Å²) in [7, 11) is 1.57. The summed E-state index contributed by atoms with van der Waals surface area (Å²) in [5.41, 5.74) is 1.75. The van der Waals surface area contributed by atoms with E-state index in [-0.39, 0.29) is 35.5 Å². The molecule has 0 radical (unpaired) electrons. The molecule has 2 aliphatic carbocycles. The van der Waals surface area contributed by atoms with Gasteiger partial charge in [-0.05, 0) is 59.7 Å². The zero-order valence-electron chi connectivity index (χ0n) is 16.9. The van der Waals surface area contributed by atoms with Crippen molar-refractivity contribution in [2.45, 2.75) is 13.0 Å². The molecule has 158 valence electrons. The first kappa shape index (κ1) is 20.0. The van der Waals surface area contributed by atoms with Crippen molar-refractivity contribution in [2.75, 3.05) is 7.11 Å². The van der Waals surface area contributed by atoms with Crippen LogP contribution in [0.1, 0.15) is 17.5 Å². The van der Waals surface area contributed by atoms with Gasteiger partial charge < -0.3 is 9.47 Å². The monoisotopic (exact) mass is 480 g/mol. The van der Waals surface area contributed by atoms with Gasteiger partial charge in [0.05, 0.1) is 25.2 Å². The van der Waals surface area contributed by atoms with Crippen molar-refractivity contribution < 1.29 is 19.1 Å². The molecule has 2 bridgehead atoms. The molecule has 1 aliphatic heterocycles. The number of carbonyl (C=O) groups is 2. The highest BCUT2D eigenvalue weighted by Gasteiger charge is 2.59. The summed E-state index contributed by atoms with van der Waals surface area (Å²) in [6.07, 6.45) is 6.57. The fourth-order valence-electron chi connectivity index (χ4n) is 4.75. The van der Waals surface area contributed by atoms with Gasteiger partial charge in [-0.15, -0.1) is 0 Å². The molecule has 5 rings (SSSR count). The third kappa shape index (κ3) is 3.57. The zero-order chi connectivity index (χ0) is 21.5. The van der Waals surface area contributed by atoms with Crippen molar-refractivity contribution in [1.29, 1.82) is 0 Å². The van der Waals surface area contributed by atoms with Crippen LogP contribution >= 0.6 is 15.9 Å². The van der Waals surface area contributed by atoms with Crippen LogP contribution in [-0.4, -0.2) is 30.1 Å². The van der Waals surface area contributed by atoms with E-state index >= 15 is 0 Å². The molecular weight excluding hydrogens is 460 g/mol. The minimum absolute atomic E-state index is 0.175. The highest BCUT2D eigenvalue weighted by molar-refractivity contribution is 9.10. The van der Waals surface area contributed by atoms with Crippen LogP contribution in [-0.2, 0) is 16.2 Å². The zero-order valence-corrected chi connectivity index (χ0v) is 18.5. The van der Waals surface area contributed by atoms with Gasteiger partial charge in [0.15, 0.2) is 11.5 Å². The summed E-state index contributed by atoms with van der Waals surface area (Å²) in [5.74, 6) is 0.635. The van der Waals surface area contributed by atoms with E-state index in [9.17, 15) is 9.59 Å². The van der Waals surface area contributed by atoms with E-state index in [1.165, 1.54) is 6.21 Å². The van der Waals surface area contributed by atoms with Crippen molar-refractivity contribution in [2.24, 2.45) is 28.8 Å². The molecule has 2 amide bonds. The molecule has 2 aromatic carbocycles. The Morgan fingerprint density at radius 2 is 1.71 bits per heavy atom. The molecule has 7 heteroatoms. The predicted molar refractivity (Wildman–Crippen MR) is 119 cm³/mol. The van der Waals surface area contributed by atoms with Gasteiger partial charge in [0.25, 0.3) is 11.8 Å². The molecule has 0 N–H and O–H groups in total. The average molecular weight is 481 g/mol. The molecule has 2 fully saturated rings. The number of fused-ring (bicyclic) bond motifs is 5. The van der Waals surface area contributed by atoms with Crippen LogP contribution in [0.5, 0.6) is 11.5 Å². The van der Waals surface area contributed by atoms with Gasteiger partial charge in [-0.25, -0.2) is 0 Å². The number of benzene rings is 2. The normalized spacial score (nSPS) is 26.2. The molecule has 0 aromatic heterocycles. The van der Waals surface area contributed by atoms with Crippen molar-refractivity contribution in [3.63, 3.8) is 0 Å². The number of hydrogen-bond donors (Lipinski definition) is 0. The van der Waals surface area contributed by atoms with Crippen LogP contribution < -0.4 is 9.47 Å². The number of carbonyl (C=O) groups excluding carboxylic acids is 2. The Hall–Kier alpha value is -2.93. The molecule has 31 heavy (non-hydrogen) atoms. The topological polar surface area (TPSA) is 68.2 Å². The third-order valence-corrected chi connectivity index (χ3v) is 6.79. The molecule has 0 spiro atoms. The van der Waals surface area contributed by atoms with Gasteiger partial charge in [0, 0.05) is 4.47 Å². The largest absolute Gasteiger partial charge is 0.493 e. The second-order valence-electron chi connectivity index (χ2n) is 8.06. The highest BCUT2D eigenvalue weighted by atomic mass is 79.9. The lowest BCUT2D eigenvalue weighted by Gasteiger charge is -2.13. The molecular formula is C24H21BrN2O4. The fourth-order valence-corrected chi connectivity index (χ4v) is 5.01. The van der Waals surface area contributed by atoms with E-state index < -0.39 is 0 Å². The molecule has 1 saturated heterocycles. The molecule has 2 aromatic rings. The SMILES string of the molecule is COc1cc(/C=N\N2C(=O)[C@@H]3[C@@H](C2=O)[C@H]2C=C[C@@H]3C2)ccc1OCc1ccc(Br)cc1. The highest BCUT2D eigenvalue weighted by Crippen LogP contribution is 2.52. The van der Waals surface area contributed by atoms with Crippen LogP contribution in [0.2, 0.25) is 0 Å². The quantitative estimate of drug-likeness (QED) is 0.353. The van der Waals surface area contributed by atoms with E-state index in [0.717, 1.165) is 21.5 Å². The Morgan fingerprint density at radius 3 is 2.35 bits per heavy atom. The number of hydrogen-bond acceptors (Lipinski definition) is 5. The summed E-state index contributed by atoms with van der Waals surface area (Å²) in [4.78, 5) is 25.5. The number of rotatable bonds is 6. The number of hydrazone groups is 1. The Morgan fingerprint density at radius 1 is 1.03 bits per heavy atom. The van der Waals surface area contributed by atoms with Crippen molar-refractivity contribution in [1.82, 2.24) is 5.01 Å². The van der Waals surface area contributed by atoms with Crippen molar-refractivity contribution >= 4 is 34.0 Å². The number of ether oxygens (including phenoxy) is 2. The lowest BCUT2D eigenvalue weighted by molar-refractivity contribution is -0.140. The average Bonchev–Trinajstić information content (AvgIpc) is 3.46. The van der Waals surface area contributed by atoms with Gasteiger partial charge in [0.2, 0.25) is 0 Å². The van der Waals surface area contributed by atoms with E-state index in [1.54, 1.807) is 19.2 Å². The fraction of sp³-hybridized carbons (Fsp3) is 0.292. The predicted octanol–water partition coefficient (Wildman–Crippen LogP) is 4.18. The van der Waals surface area contributed by atoms with Crippen LogP contribution in [0.4, 0.5) is 0 Å². The Bertz CT molecular complexity index is 1070. The van der Waals surface area contributed by atoms with Gasteiger partial charge in [-0.1, -0.05) is 40.2 Å². The maximum atomic E-state index is 12.7. The lowest BCUT2D eigenvalue weighted by Crippen LogP contribution is -2.28. The van der Waals surface area contributed by atoms with E-state index in [4.69, 9.17) is 9.47 Å². The number of imide groups is 1. The molecule has 6 nitrogen and oxygen atoms in total. The summed E-state index contributed by atoms with van der Waals surface area (Å²) in [6.45, 7) is 0.410. The first-order valence-corrected chi connectivity index (χ1v) is 11.0. The Balaban J connectivity index is 1.29. The maximum Gasteiger partial charge on any atom is 0.254 e. The van der Waals surface area contributed by atoms with Gasteiger partial charge >= 0.3 is 0 Å². The molecule has 0 unspecified atom stereocenters. The summed E-state index contributed by atoms with van der Waals surface area (Å²) >= 11 is 3.42. The number of amides is 2. The van der Waals surface area contributed by atoms with Crippen LogP contribution in [0.25, 0.3) is 0 Å². The van der Waals surface area contributed by atoms with Gasteiger partial charge in [-0.2, -0.15) is 10.1 Å². The van der Waals surface area contributed by atoms with Crippen LogP contribution in [0.3, 0.4) is 0 Å². The second kappa shape index (κ2) is 7.96. The van der Waals surface area contributed by atoms with Crippen LogP contribution in [0, 0.1) is 23.7 Å². The molecule has 1 heterocycles. The molecule has 1 saturated carbocycles. The summed E-state index contributed by atoms with van der Waals surface area (Å²) in [6, 6.07) is 13.3. The minimum Gasteiger partial charge on any atom is -0.493 e.